The maximum absolute atomic E-state index is 13.0. The number of thioether (sulfide) groups is 1. The number of benzene rings is 5. The zero-order valence-electron chi connectivity index (χ0n) is 52.0. The first kappa shape index (κ1) is 73.2. The Morgan fingerprint density at radius 1 is 0.468 bits per heavy atom. The summed E-state index contributed by atoms with van der Waals surface area (Å²) in [4.78, 5) is 102. The van der Waals surface area contributed by atoms with Gasteiger partial charge in [-0.3, -0.25) is 28.8 Å². The predicted molar refractivity (Wildman–Crippen MR) is 343 cm³/mol. The van der Waals surface area contributed by atoms with Crippen molar-refractivity contribution in [3.05, 3.63) is 156 Å². The largest absolute Gasteiger partial charge is 0.477 e. The molecule has 506 valence electrons. The number of carboxylic acid groups (broad SMARTS) is 2. The van der Waals surface area contributed by atoms with E-state index in [4.69, 9.17) is 18.9 Å². The van der Waals surface area contributed by atoms with Gasteiger partial charge in [-0.05, 0) is 95.8 Å². The minimum atomic E-state index is -2.49. The lowest BCUT2D eigenvalue weighted by atomic mass is 9.88. The highest BCUT2D eigenvalue weighted by molar-refractivity contribution is 7.99. The molecule has 27 heteroatoms. The van der Waals surface area contributed by atoms with Gasteiger partial charge in [0.1, 0.15) is 24.4 Å². The molecule has 0 bridgehead atoms. The van der Waals surface area contributed by atoms with Crippen LogP contribution in [0.5, 0.6) is 0 Å². The summed E-state index contributed by atoms with van der Waals surface area (Å²) in [6.07, 6.45) is -13.0. The Labute approximate surface area is 547 Å². The molecular weight excluding hydrogens is 1240 g/mol. The minimum absolute atomic E-state index is 0.163. The van der Waals surface area contributed by atoms with E-state index in [0.29, 0.717) is 54.7 Å². The fraction of sp³-hybridized carbons (Fsp3) is 0.433. The highest BCUT2D eigenvalue weighted by Crippen LogP contribution is 2.36. The second kappa shape index (κ2) is 35.4. The van der Waals surface area contributed by atoms with Crippen molar-refractivity contribution in [3.8, 4) is 22.3 Å². The number of nitrogens with one attached hydrogen (secondary N) is 6. The van der Waals surface area contributed by atoms with Gasteiger partial charge in [0.15, 0.2) is 0 Å². The van der Waals surface area contributed by atoms with E-state index in [1.165, 1.54) is 36.0 Å². The highest BCUT2D eigenvalue weighted by Gasteiger charge is 2.57. The van der Waals surface area contributed by atoms with Gasteiger partial charge in [0.25, 0.3) is 35.2 Å². The molecule has 2 aliphatic heterocycles. The van der Waals surface area contributed by atoms with Crippen LogP contribution in [-0.2, 0) is 38.1 Å². The first-order valence-corrected chi connectivity index (χ1v) is 32.0. The third kappa shape index (κ3) is 20.4. The van der Waals surface area contributed by atoms with Gasteiger partial charge in [-0.25, -0.2) is 9.59 Å². The molecular formula is C67H82N6O20S. The summed E-state index contributed by atoms with van der Waals surface area (Å²) in [5, 5.41) is 103. The molecule has 2 unspecified atom stereocenters. The van der Waals surface area contributed by atoms with Crippen molar-refractivity contribution < 1.29 is 98.2 Å². The molecule has 12 atom stereocenters. The van der Waals surface area contributed by atoms with Crippen molar-refractivity contribution in [3.63, 3.8) is 0 Å². The van der Waals surface area contributed by atoms with E-state index in [2.05, 4.69) is 31.9 Å². The van der Waals surface area contributed by atoms with Gasteiger partial charge in [0, 0.05) is 80.9 Å². The number of rotatable bonds is 34. The lowest BCUT2D eigenvalue weighted by molar-refractivity contribution is -0.310. The third-order valence-corrected chi connectivity index (χ3v) is 16.9. The molecule has 7 rings (SSSR count). The molecule has 26 nitrogen and oxygen atoms in total. The number of aliphatic hydroxyl groups is 6. The summed E-state index contributed by atoms with van der Waals surface area (Å²) in [7, 11) is 0. The predicted octanol–water partition coefficient (Wildman–Crippen LogP) is 2.37. The van der Waals surface area contributed by atoms with Crippen LogP contribution in [-0.4, -0.2) is 212 Å². The van der Waals surface area contributed by atoms with Crippen LogP contribution in [0.25, 0.3) is 22.3 Å². The van der Waals surface area contributed by atoms with Crippen LogP contribution < -0.4 is 31.9 Å². The molecule has 94 heavy (non-hydrogen) atoms. The number of aliphatic carboxylic acids is 2. The third-order valence-electron chi connectivity index (χ3n) is 15.9. The van der Waals surface area contributed by atoms with E-state index >= 15 is 0 Å². The lowest BCUT2D eigenvalue weighted by Gasteiger charge is -2.46. The lowest BCUT2D eigenvalue weighted by Crippen LogP contribution is -2.68. The Bertz CT molecular complexity index is 3100. The van der Waals surface area contributed by atoms with Crippen LogP contribution in [0.4, 0.5) is 0 Å². The first-order valence-electron chi connectivity index (χ1n) is 30.9. The van der Waals surface area contributed by atoms with Crippen molar-refractivity contribution in [2.45, 2.75) is 131 Å². The number of carbonyl (C=O) groups excluding carboxylic acids is 6. The van der Waals surface area contributed by atoms with E-state index in [0.717, 1.165) is 36.1 Å². The summed E-state index contributed by atoms with van der Waals surface area (Å²) in [5.74, 6) is -10.5. The molecule has 0 aromatic heterocycles. The molecule has 0 aliphatic carbocycles. The molecule has 0 radical (unpaired) electrons. The molecule has 14 N–H and O–H groups in total. The first-order chi connectivity index (χ1) is 45.0. The summed E-state index contributed by atoms with van der Waals surface area (Å²) in [6, 6.07) is 35.7. The Hall–Kier alpha value is -8.19. The number of carboxylic acids is 2. The molecule has 2 heterocycles. The smallest absolute Gasteiger partial charge is 0.364 e. The Balaban J connectivity index is 0.773. The summed E-state index contributed by atoms with van der Waals surface area (Å²) < 4.78 is 23.2. The molecule has 5 aromatic rings. The van der Waals surface area contributed by atoms with Gasteiger partial charge in [-0.2, -0.15) is 11.8 Å². The van der Waals surface area contributed by atoms with Crippen LogP contribution in [0.1, 0.15) is 100 Å². The maximum Gasteiger partial charge on any atom is 0.364 e. The topological polar surface area (TPSA) is 408 Å². The Kier molecular flexibility index (Phi) is 27.5. The van der Waals surface area contributed by atoms with Crippen LogP contribution in [0, 0.1) is 0 Å². The van der Waals surface area contributed by atoms with Crippen LogP contribution in [0.2, 0.25) is 0 Å². The van der Waals surface area contributed by atoms with Gasteiger partial charge in [-0.1, -0.05) is 97.8 Å². The van der Waals surface area contributed by atoms with Gasteiger partial charge in [-0.15, -0.1) is 0 Å². The standard InChI is InChI=1S/C67H82N6O20S/c1-40(74)72-54-50(76)36-66(64(86)87,92-58(54)56(80)52(78)38-70-62(84)48-22-18-44(19-23-48)42-14-7-5-8-15-42)90-32-12-4-3-11-30-68-60(82)46-26-28-47(29-27-46)61(83)69-31-35-94-34-13-33-91-67(65(88)89)37-51(77)55(73-41(2)75)59(93-67)57(81)53(79)39-71-63(85)49-24-20-45(21-25-49)43-16-9-6-10-17-43/h5-10,14-29,50-59,76-81H,3-4,11-13,30-39H2,1-2H3,(H,68,82)(H,69,83)(H,70,84)(H,71,85)(H,72,74)(H,73,75)(H,86,87)(H,88,89)/t50-,51-,52+,53+,54+,55+,56?,57?,58+,59+,66+,67+/m0/s1. The summed E-state index contributed by atoms with van der Waals surface area (Å²) in [6.45, 7) is 1.48. The number of unbranched alkanes of at least 4 members (excludes halogenated alkanes) is 3. The number of aliphatic hydroxyl groups excluding tert-OH is 6. The molecule has 5 aromatic carbocycles. The van der Waals surface area contributed by atoms with Crippen molar-refractivity contribution in [1.82, 2.24) is 31.9 Å². The van der Waals surface area contributed by atoms with Gasteiger partial charge in [0.2, 0.25) is 11.8 Å². The number of hydrogen-bond donors (Lipinski definition) is 14. The second-order valence-electron chi connectivity index (χ2n) is 22.9. The maximum atomic E-state index is 13.0. The normalized spacial score (nSPS) is 22.3. The van der Waals surface area contributed by atoms with E-state index in [1.807, 2.05) is 60.7 Å². The monoisotopic (exact) mass is 1320 g/mol. The molecule has 2 fully saturated rings. The summed E-state index contributed by atoms with van der Waals surface area (Å²) >= 11 is 1.42. The zero-order chi connectivity index (χ0) is 68.0. The van der Waals surface area contributed by atoms with Crippen molar-refractivity contribution in [1.29, 1.82) is 0 Å². The van der Waals surface area contributed by atoms with Gasteiger partial charge in [0.05, 0.1) is 49.7 Å². The number of carbonyl (C=O) groups is 8. The van der Waals surface area contributed by atoms with Crippen LogP contribution in [0.3, 0.4) is 0 Å². The van der Waals surface area contributed by atoms with Crippen molar-refractivity contribution >= 4 is 59.1 Å². The fourth-order valence-corrected chi connectivity index (χ4v) is 11.6. The van der Waals surface area contributed by atoms with Crippen LogP contribution in [0.15, 0.2) is 133 Å². The average Bonchev–Trinajstić information content (AvgIpc) is 0.777. The molecule has 2 aliphatic rings. The van der Waals surface area contributed by atoms with Crippen LogP contribution >= 0.6 is 11.8 Å². The minimum Gasteiger partial charge on any atom is -0.477 e. The Morgan fingerprint density at radius 2 is 0.819 bits per heavy atom. The quantitative estimate of drug-likeness (QED) is 0.0263. The number of hydrogen-bond acceptors (Lipinski definition) is 19. The molecule has 6 amide bonds. The van der Waals surface area contributed by atoms with E-state index in [1.54, 1.807) is 48.5 Å². The SMILES string of the molecule is CC(=O)N[C@@H]1[C@@H](O)C[C@](OCCCCCCNC(=O)c2ccc(C(=O)NCCSCCCO[C@]3(C(=O)O)C[C@H](O)[C@@H](NC(C)=O)[C@H](C(O)[C@H](O)CNC(=O)c4ccc(-c5ccccc5)cc4)O3)cc2)(C(=O)O)O[C@H]1C(O)[C@H](O)CNC(=O)c1ccc(-c2ccccc2)cc1. The van der Waals surface area contributed by atoms with Crippen molar-refractivity contribution in [2.75, 3.05) is 50.9 Å². The van der Waals surface area contributed by atoms with E-state index < -0.39 is 140 Å². The fourth-order valence-electron chi connectivity index (χ4n) is 10.8. The van der Waals surface area contributed by atoms with Gasteiger partial charge >= 0.3 is 11.9 Å². The zero-order valence-corrected chi connectivity index (χ0v) is 52.8. The average molecular weight is 1320 g/mol. The van der Waals surface area contributed by atoms with Gasteiger partial charge < -0.3 is 91.7 Å². The molecule has 0 saturated carbocycles. The Morgan fingerprint density at radius 3 is 1.21 bits per heavy atom. The second-order valence-corrected chi connectivity index (χ2v) is 24.1. The number of ether oxygens (including phenoxy) is 4. The number of amides is 6. The summed E-state index contributed by atoms with van der Waals surface area (Å²) in [5.41, 5.74) is 4.78. The van der Waals surface area contributed by atoms with E-state index in [9.17, 15) is 79.2 Å². The molecule has 2 saturated heterocycles. The highest BCUT2D eigenvalue weighted by atomic mass is 32.2. The van der Waals surface area contributed by atoms with Crippen molar-refractivity contribution in [2.24, 2.45) is 0 Å². The van der Waals surface area contributed by atoms with E-state index in [-0.39, 0.29) is 43.3 Å². The molecule has 0 spiro atoms.